The van der Waals surface area contributed by atoms with Gasteiger partial charge >= 0.3 is 0 Å². The van der Waals surface area contributed by atoms with E-state index < -0.39 is 5.92 Å². The Morgan fingerprint density at radius 1 is 1.21 bits per heavy atom. The first-order valence-corrected chi connectivity index (χ1v) is 6.01. The Bertz CT molecular complexity index is 589. The zero-order chi connectivity index (χ0) is 13.7. The lowest BCUT2D eigenvalue weighted by Gasteiger charge is -2.12. The van der Waals surface area contributed by atoms with Gasteiger partial charge in [-0.3, -0.25) is 0 Å². The van der Waals surface area contributed by atoms with E-state index in [0.29, 0.717) is 17.7 Å². The minimum Gasteiger partial charge on any atom is -0.497 e. The topological polar surface area (TPSA) is 33.0 Å². The lowest BCUT2D eigenvalue weighted by Crippen LogP contribution is -2.03. The van der Waals surface area contributed by atoms with E-state index in [-0.39, 0.29) is 5.82 Å². The van der Waals surface area contributed by atoms with E-state index in [1.54, 1.807) is 12.1 Å². The maximum absolute atomic E-state index is 13.8. The zero-order valence-electron chi connectivity index (χ0n) is 10.6. The summed E-state index contributed by atoms with van der Waals surface area (Å²) in [5, 5.41) is 9.27. The number of nitrogens with zero attached hydrogens (tertiary/aromatic N) is 1. The third-order valence-electron chi connectivity index (χ3n) is 3.02. The summed E-state index contributed by atoms with van der Waals surface area (Å²) in [6.45, 7) is 0. The summed E-state index contributed by atoms with van der Waals surface area (Å²) < 4.78 is 18.9. The molecule has 0 aliphatic heterocycles. The van der Waals surface area contributed by atoms with Gasteiger partial charge in [0.2, 0.25) is 0 Å². The molecule has 0 N–H and O–H groups in total. The third-order valence-corrected chi connectivity index (χ3v) is 3.02. The minimum absolute atomic E-state index is 0.372. The van der Waals surface area contributed by atoms with E-state index in [4.69, 9.17) is 4.74 Å². The maximum Gasteiger partial charge on any atom is 0.128 e. The van der Waals surface area contributed by atoms with Gasteiger partial charge in [0.05, 0.1) is 19.1 Å². The summed E-state index contributed by atoms with van der Waals surface area (Å²) in [6.07, 6.45) is 0.488. The molecule has 2 nitrogen and oxygen atoms in total. The van der Waals surface area contributed by atoms with Crippen molar-refractivity contribution in [3.63, 3.8) is 0 Å². The Morgan fingerprint density at radius 2 is 1.95 bits per heavy atom. The van der Waals surface area contributed by atoms with Crippen molar-refractivity contribution < 1.29 is 9.13 Å². The monoisotopic (exact) mass is 255 g/mol. The van der Waals surface area contributed by atoms with E-state index in [1.807, 2.05) is 30.3 Å². The van der Waals surface area contributed by atoms with Gasteiger partial charge in [-0.2, -0.15) is 5.26 Å². The molecular weight excluding hydrogens is 241 g/mol. The van der Waals surface area contributed by atoms with Gasteiger partial charge in [-0.1, -0.05) is 30.3 Å². The van der Waals surface area contributed by atoms with Gasteiger partial charge in [0, 0.05) is 5.56 Å². The fraction of sp³-hybridized carbons (Fsp3) is 0.188. The van der Waals surface area contributed by atoms with Crippen molar-refractivity contribution in [2.45, 2.75) is 12.3 Å². The predicted octanol–water partition coefficient (Wildman–Crippen LogP) is 3.68. The molecule has 0 saturated carbocycles. The first kappa shape index (κ1) is 13.1. The van der Waals surface area contributed by atoms with Crippen LogP contribution in [0.15, 0.2) is 48.5 Å². The Labute approximate surface area is 112 Å². The van der Waals surface area contributed by atoms with Crippen molar-refractivity contribution in [2.24, 2.45) is 0 Å². The highest BCUT2D eigenvalue weighted by molar-refractivity contribution is 5.36. The van der Waals surface area contributed by atoms with E-state index >= 15 is 0 Å². The first-order chi connectivity index (χ1) is 9.24. The second kappa shape index (κ2) is 6.01. The van der Waals surface area contributed by atoms with Crippen LogP contribution in [0, 0.1) is 17.1 Å². The van der Waals surface area contributed by atoms with Crippen LogP contribution in [-0.2, 0) is 6.42 Å². The fourth-order valence-corrected chi connectivity index (χ4v) is 1.99. The second-order valence-electron chi connectivity index (χ2n) is 4.26. The largest absolute Gasteiger partial charge is 0.497 e. The summed E-state index contributed by atoms with van der Waals surface area (Å²) in [4.78, 5) is 0. The van der Waals surface area contributed by atoms with Crippen molar-refractivity contribution in [3.05, 3.63) is 65.5 Å². The lowest BCUT2D eigenvalue weighted by molar-refractivity contribution is 0.412. The van der Waals surface area contributed by atoms with Gasteiger partial charge in [0.15, 0.2) is 0 Å². The molecule has 0 spiro atoms. The molecule has 19 heavy (non-hydrogen) atoms. The highest BCUT2D eigenvalue weighted by atomic mass is 19.1. The van der Waals surface area contributed by atoms with Crippen LogP contribution in [0.5, 0.6) is 5.75 Å². The summed E-state index contributed by atoms with van der Waals surface area (Å²) in [5.74, 6) is -0.328. The van der Waals surface area contributed by atoms with Gasteiger partial charge in [-0.15, -0.1) is 0 Å². The number of rotatable bonds is 4. The molecule has 0 bridgehead atoms. The molecule has 0 amide bonds. The standard InChI is InChI=1S/C16H14FNO/c1-19-14-7-8-16(17)15(10-14)13(11-18)9-12-5-3-2-4-6-12/h2-8,10,13H,9H2,1H3/t13-/m0/s1. The van der Waals surface area contributed by atoms with Gasteiger partial charge in [-0.05, 0) is 30.2 Å². The van der Waals surface area contributed by atoms with Crippen LogP contribution in [0.4, 0.5) is 4.39 Å². The number of halogens is 1. The molecule has 0 unspecified atom stereocenters. The van der Waals surface area contributed by atoms with Crippen molar-refractivity contribution in [3.8, 4) is 11.8 Å². The van der Waals surface area contributed by atoms with E-state index in [2.05, 4.69) is 6.07 Å². The fourth-order valence-electron chi connectivity index (χ4n) is 1.99. The van der Waals surface area contributed by atoms with Crippen molar-refractivity contribution in [1.82, 2.24) is 0 Å². The van der Waals surface area contributed by atoms with E-state index in [0.717, 1.165) is 5.56 Å². The predicted molar refractivity (Wildman–Crippen MR) is 71.5 cm³/mol. The van der Waals surface area contributed by atoms with Crippen LogP contribution < -0.4 is 4.74 Å². The molecule has 0 fully saturated rings. The zero-order valence-corrected chi connectivity index (χ0v) is 10.6. The minimum atomic E-state index is -0.516. The van der Waals surface area contributed by atoms with Gasteiger partial charge in [0.25, 0.3) is 0 Å². The van der Waals surface area contributed by atoms with Crippen LogP contribution in [-0.4, -0.2) is 7.11 Å². The molecular formula is C16H14FNO. The molecule has 0 aromatic heterocycles. The average molecular weight is 255 g/mol. The molecule has 2 rings (SSSR count). The van der Waals surface area contributed by atoms with Crippen molar-refractivity contribution in [2.75, 3.05) is 7.11 Å². The summed E-state index contributed by atoms with van der Waals surface area (Å²) in [6, 6.07) is 16.2. The highest BCUT2D eigenvalue weighted by Gasteiger charge is 2.16. The molecule has 2 aromatic carbocycles. The molecule has 0 radical (unpaired) electrons. The number of nitriles is 1. The first-order valence-electron chi connectivity index (χ1n) is 6.01. The van der Waals surface area contributed by atoms with Crippen molar-refractivity contribution in [1.29, 1.82) is 5.26 Å². The van der Waals surface area contributed by atoms with Crippen LogP contribution in [0.25, 0.3) is 0 Å². The molecule has 0 aliphatic rings. The normalized spacial score (nSPS) is 11.6. The number of hydrogen-bond donors (Lipinski definition) is 0. The molecule has 1 atom stereocenters. The SMILES string of the molecule is COc1ccc(F)c([C@H](C#N)Cc2ccccc2)c1. The molecule has 3 heteroatoms. The molecule has 0 saturated heterocycles. The van der Waals surface area contributed by atoms with Crippen LogP contribution >= 0.6 is 0 Å². The number of hydrogen-bond acceptors (Lipinski definition) is 2. The smallest absolute Gasteiger partial charge is 0.128 e. The number of methoxy groups -OCH3 is 1. The summed E-state index contributed by atoms with van der Waals surface area (Å²) in [7, 11) is 1.52. The average Bonchev–Trinajstić information content (AvgIpc) is 2.47. The van der Waals surface area contributed by atoms with Crippen LogP contribution in [0.2, 0.25) is 0 Å². The lowest BCUT2D eigenvalue weighted by atomic mass is 9.92. The number of ether oxygens (including phenoxy) is 1. The van der Waals surface area contributed by atoms with Gasteiger partial charge in [0.1, 0.15) is 11.6 Å². The maximum atomic E-state index is 13.8. The Kier molecular flexibility index (Phi) is 4.15. The van der Waals surface area contributed by atoms with Gasteiger partial charge in [-0.25, -0.2) is 4.39 Å². The number of benzene rings is 2. The molecule has 2 aromatic rings. The quantitative estimate of drug-likeness (QED) is 0.834. The summed E-state index contributed by atoms with van der Waals surface area (Å²) >= 11 is 0. The molecule has 0 heterocycles. The van der Waals surface area contributed by atoms with Crippen molar-refractivity contribution >= 4 is 0 Å². The van der Waals surface area contributed by atoms with E-state index in [1.165, 1.54) is 13.2 Å². The molecule has 0 aliphatic carbocycles. The van der Waals surface area contributed by atoms with Crippen LogP contribution in [0.1, 0.15) is 17.0 Å². The Hall–Kier alpha value is -2.34. The van der Waals surface area contributed by atoms with E-state index in [9.17, 15) is 9.65 Å². The Morgan fingerprint density at radius 3 is 2.58 bits per heavy atom. The third kappa shape index (κ3) is 3.11. The van der Waals surface area contributed by atoms with Gasteiger partial charge < -0.3 is 4.74 Å². The highest BCUT2D eigenvalue weighted by Crippen LogP contribution is 2.26. The Balaban J connectivity index is 2.30. The second-order valence-corrected chi connectivity index (χ2v) is 4.26. The molecule has 96 valence electrons. The van der Waals surface area contributed by atoms with Crippen LogP contribution in [0.3, 0.4) is 0 Å². The summed E-state index contributed by atoms with van der Waals surface area (Å²) in [5.41, 5.74) is 1.39.